The van der Waals surface area contributed by atoms with E-state index >= 15 is 0 Å². The first-order chi connectivity index (χ1) is 42.3. The van der Waals surface area contributed by atoms with Gasteiger partial charge in [-0.25, -0.2) is 15.0 Å². The zero-order valence-corrected chi connectivity index (χ0v) is 52.0. The summed E-state index contributed by atoms with van der Waals surface area (Å²) in [5.74, 6) is 3.86. The maximum Gasteiger partial charge on any atom is 0.261 e. The van der Waals surface area contributed by atoms with Crippen LogP contribution in [-0.4, -0.2) is 130 Å². The zero-order valence-electron chi connectivity index (χ0n) is 51.0. The van der Waals surface area contributed by atoms with E-state index in [1.54, 1.807) is 19.0 Å². The zero-order chi connectivity index (χ0) is 61.2. The molecule has 21 nitrogen and oxygen atoms in total. The Morgan fingerprint density at radius 1 is 0.460 bits per heavy atom. The van der Waals surface area contributed by atoms with E-state index in [1.807, 2.05) is 77.3 Å². The minimum Gasteiger partial charge on any atom is -0.406 e. The van der Waals surface area contributed by atoms with Gasteiger partial charge < -0.3 is 59.4 Å². The van der Waals surface area contributed by atoms with Gasteiger partial charge in [0.1, 0.15) is 0 Å². The van der Waals surface area contributed by atoms with Crippen LogP contribution in [0.15, 0.2) is 171 Å². The predicted molar refractivity (Wildman–Crippen MR) is 352 cm³/mol. The van der Waals surface area contributed by atoms with Gasteiger partial charge in [0.25, 0.3) is 8.32 Å². The molecule has 5 aromatic carbocycles. The number of aliphatic hydroxyl groups is 2. The molecule has 6 N–H and O–H groups in total. The molecule has 0 saturated carbocycles. The molecule has 11 rings (SSSR count). The fourth-order valence-corrected chi connectivity index (χ4v) is 14.9. The molecule has 6 aromatic heterocycles. The SMILES string of the molecule is CCN(Cc1ccccc1)c1nc(NCCO)nc2c1ncn2C.CCN(Cc1ccccc1)c1nc(NCCO[Si](c2ccccc2)(c2ccccc2)C(C)(C)C)nc2c1ncn2C.Cn1cnc2c(NCc3ccccc3)nc(NCCO)nc21. The van der Waals surface area contributed by atoms with E-state index in [0.717, 1.165) is 76.9 Å². The van der Waals surface area contributed by atoms with Crippen molar-refractivity contribution in [1.82, 2.24) is 58.6 Å². The Hall–Kier alpha value is -9.35. The highest BCUT2D eigenvalue weighted by atomic mass is 28.4. The second-order valence-corrected chi connectivity index (χ2v) is 26.1. The summed E-state index contributed by atoms with van der Waals surface area (Å²) in [7, 11) is 3.16. The Balaban J connectivity index is 0.000000167. The number of benzene rings is 5. The number of nitrogens with zero attached hydrogens (tertiary/aromatic N) is 14. The molecule has 11 aromatic rings. The molecular weight excluding hydrogens is 1110 g/mol. The summed E-state index contributed by atoms with van der Waals surface area (Å²) in [5.41, 5.74) is 8.24. The van der Waals surface area contributed by atoms with Crippen LogP contribution in [0.2, 0.25) is 5.04 Å². The van der Waals surface area contributed by atoms with Gasteiger partial charge in [-0.3, -0.25) is 0 Å². The third-order valence-corrected chi connectivity index (χ3v) is 19.7. The molecule has 0 aliphatic carbocycles. The molecule has 452 valence electrons. The predicted octanol–water partition coefficient (Wildman–Crippen LogP) is 8.55. The second-order valence-electron chi connectivity index (χ2n) is 21.8. The molecule has 0 aliphatic rings. The molecule has 0 saturated heterocycles. The average Bonchev–Trinajstić information content (AvgIpc) is 1.74. The average molecular weight is 1190 g/mol. The molecule has 0 aliphatic heterocycles. The summed E-state index contributed by atoms with van der Waals surface area (Å²) in [6.45, 7) is 16.9. The van der Waals surface area contributed by atoms with Crippen molar-refractivity contribution < 1.29 is 14.6 Å². The number of fused-ring (bicyclic) bond motifs is 3. The van der Waals surface area contributed by atoms with Crippen LogP contribution in [0.1, 0.15) is 51.3 Å². The van der Waals surface area contributed by atoms with Gasteiger partial charge in [0, 0.05) is 73.5 Å². The summed E-state index contributed by atoms with van der Waals surface area (Å²) in [4.78, 5) is 45.7. The highest BCUT2D eigenvalue weighted by Crippen LogP contribution is 2.37. The molecule has 0 atom stereocenters. The monoisotopic (exact) mass is 1190 g/mol. The normalized spacial score (nSPS) is 11.4. The number of hydrogen-bond donors (Lipinski definition) is 6. The maximum absolute atomic E-state index is 9.03. The van der Waals surface area contributed by atoms with Gasteiger partial charge in [-0.05, 0) is 45.9 Å². The molecule has 0 unspecified atom stereocenters. The number of rotatable bonds is 24. The van der Waals surface area contributed by atoms with E-state index in [-0.39, 0.29) is 18.3 Å². The number of aryl methyl sites for hydroxylation is 3. The largest absolute Gasteiger partial charge is 0.406 e. The van der Waals surface area contributed by atoms with E-state index in [1.165, 1.54) is 21.5 Å². The van der Waals surface area contributed by atoms with Crippen LogP contribution in [0.25, 0.3) is 33.5 Å². The maximum atomic E-state index is 9.03. The van der Waals surface area contributed by atoms with Gasteiger partial charge in [-0.1, -0.05) is 172 Å². The topological polar surface area (TPSA) is 235 Å². The van der Waals surface area contributed by atoms with Crippen molar-refractivity contribution >= 4 is 87.5 Å². The van der Waals surface area contributed by atoms with Gasteiger partial charge in [-0.15, -0.1) is 0 Å². The first-order valence-corrected chi connectivity index (χ1v) is 31.4. The fraction of sp³-hybridized carbons (Fsp3) is 0.308. The first kappa shape index (κ1) is 62.2. The number of aromatic nitrogens is 12. The Morgan fingerprint density at radius 3 is 1.23 bits per heavy atom. The van der Waals surface area contributed by atoms with E-state index in [2.05, 4.69) is 210 Å². The van der Waals surface area contributed by atoms with E-state index in [0.29, 0.717) is 56.4 Å². The van der Waals surface area contributed by atoms with Crippen LogP contribution in [0.3, 0.4) is 0 Å². The Bertz CT molecular complexity index is 3850. The number of hydrogen-bond acceptors (Lipinski definition) is 18. The summed E-state index contributed by atoms with van der Waals surface area (Å²) in [6, 6.07) is 52.3. The second kappa shape index (κ2) is 29.6. The number of anilines is 6. The van der Waals surface area contributed by atoms with Crippen LogP contribution < -0.4 is 41.4 Å². The molecule has 6 heterocycles. The minimum absolute atomic E-state index is 0.0273. The Morgan fingerprint density at radius 2 is 0.828 bits per heavy atom. The highest BCUT2D eigenvalue weighted by molar-refractivity contribution is 6.99. The molecule has 0 bridgehead atoms. The molecule has 0 radical (unpaired) electrons. The molecular formula is C65H80N18O3Si. The fourth-order valence-electron chi connectivity index (χ4n) is 10.3. The van der Waals surface area contributed by atoms with Crippen molar-refractivity contribution in [2.75, 3.05) is 83.6 Å². The summed E-state index contributed by atoms with van der Waals surface area (Å²) in [5, 5.41) is 33.2. The number of nitrogens with one attached hydrogen (secondary N) is 4. The van der Waals surface area contributed by atoms with Crippen LogP contribution in [0.4, 0.5) is 35.3 Å². The van der Waals surface area contributed by atoms with Crippen LogP contribution >= 0.6 is 0 Å². The lowest BCUT2D eigenvalue weighted by atomic mass is 10.2. The van der Waals surface area contributed by atoms with Crippen molar-refractivity contribution in [3.63, 3.8) is 0 Å². The summed E-state index contributed by atoms with van der Waals surface area (Å²) < 4.78 is 12.7. The van der Waals surface area contributed by atoms with E-state index < -0.39 is 8.32 Å². The van der Waals surface area contributed by atoms with E-state index in [9.17, 15) is 0 Å². The minimum atomic E-state index is -2.61. The van der Waals surface area contributed by atoms with Gasteiger partial charge in [-0.2, -0.15) is 29.9 Å². The Labute approximate surface area is 509 Å². The molecule has 87 heavy (non-hydrogen) atoms. The lowest BCUT2D eigenvalue weighted by Gasteiger charge is -2.43. The first-order valence-electron chi connectivity index (χ1n) is 29.4. The summed E-state index contributed by atoms with van der Waals surface area (Å²) >= 11 is 0. The van der Waals surface area contributed by atoms with Crippen LogP contribution in [-0.2, 0) is 45.2 Å². The van der Waals surface area contributed by atoms with Crippen molar-refractivity contribution in [3.8, 4) is 0 Å². The van der Waals surface area contributed by atoms with E-state index in [4.69, 9.17) is 24.6 Å². The molecule has 22 heteroatoms. The van der Waals surface area contributed by atoms with Crippen molar-refractivity contribution in [1.29, 1.82) is 0 Å². The third-order valence-electron chi connectivity index (χ3n) is 14.7. The standard InChI is InChI=1S/C33H40N6OSi.C17H22N6O.C15H18N6O/c1-6-39(24-26-16-10-7-11-17-26)31-29-30(38(5)25-35-29)36-32(37-31)34-22-23-40-41(33(2,3)4,27-18-12-8-13-19-27)28-20-14-9-15-21-28;1-3-23(11-13-7-5-4-6-8-13)16-14-15(22(2)12-19-14)20-17(21-16)18-9-10-24;1-21-10-18-12-13(17-9-11-5-3-2-4-6-11)19-15(16-7-8-22)20-14(12)21/h7-21,25H,6,22-24H2,1-5H3,(H,34,36,37);4-8,12,24H,3,9-11H2,1-2H3,(H,18,20,21);2-6,10,22H,7-9H2,1H3,(H2,16,17,19,20). The van der Waals surface area contributed by atoms with Crippen LogP contribution in [0.5, 0.6) is 0 Å². The molecule has 0 amide bonds. The summed E-state index contributed by atoms with van der Waals surface area (Å²) in [6.07, 6.45) is 5.26. The lowest BCUT2D eigenvalue weighted by molar-refractivity contribution is 0.310. The van der Waals surface area contributed by atoms with Gasteiger partial charge in [0.2, 0.25) is 17.8 Å². The van der Waals surface area contributed by atoms with Crippen molar-refractivity contribution in [2.24, 2.45) is 21.1 Å². The van der Waals surface area contributed by atoms with Gasteiger partial charge >= 0.3 is 0 Å². The van der Waals surface area contributed by atoms with Crippen molar-refractivity contribution in [2.45, 2.75) is 59.3 Å². The highest BCUT2D eigenvalue weighted by Gasteiger charge is 2.50. The molecule has 0 spiro atoms. The van der Waals surface area contributed by atoms with Crippen molar-refractivity contribution in [3.05, 3.63) is 187 Å². The smallest absolute Gasteiger partial charge is 0.261 e. The van der Waals surface area contributed by atoms with Gasteiger partial charge in [0.15, 0.2) is 50.9 Å². The van der Waals surface area contributed by atoms with Gasteiger partial charge in [0.05, 0.1) is 38.8 Å². The Kier molecular flexibility index (Phi) is 21.2. The van der Waals surface area contributed by atoms with Crippen LogP contribution in [0, 0.1) is 0 Å². The number of aliphatic hydroxyl groups excluding tert-OH is 2. The molecule has 0 fully saturated rings. The number of imidazole rings is 3. The lowest BCUT2D eigenvalue weighted by Crippen LogP contribution is -2.66. The third kappa shape index (κ3) is 15.2. The quantitative estimate of drug-likeness (QED) is 0.0246.